The fraction of sp³-hybridized carbons (Fsp3) is 0.438. The highest BCUT2D eigenvalue weighted by molar-refractivity contribution is 5.31. The summed E-state index contributed by atoms with van der Waals surface area (Å²) in [5.41, 5.74) is 1.96. The van der Waals surface area contributed by atoms with Crippen LogP contribution in [0.2, 0.25) is 0 Å². The topological polar surface area (TPSA) is 69.2 Å². The van der Waals surface area contributed by atoms with Crippen LogP contribution in [-0.2, 0) is 13.1 Å². The maximum absolute atomic E-state index is 8.82. The molecule has 6 nitrogen and oxygen atoms in total. The SMILES string of the molecule is Cc1nc(CN2CCN(Cc3ccc(C#N)cc3)CC2)no1. The number of rotatable bonds is 4. The Morgan fingerprint density at radius 3 is 2.27 bits per heavy atom. The second-order valence-corrected chi connectivity index (χ2v) is 5.59. The van der Waals surface area contributed by atoms with Crippen molar-refractivity contribution >= 4 is 0 Å². The molecule has 1 aromatic heterocycles. The molecule has 1 aliphatic rings. The summed E-state index contributed by atoms with van der Waals surface area (Å²) >= 11 is 0. The van der Waals surface area contributed by atoms with Crippen molar-refractivity contribution in [2.24, 2.45) is 0 Å². The Balaban J connectivity index is 1.48. The number of hydrogen-bond donors (Lipinski definition) is 0. The zero-order chi connectivity index (χ0) is 15.4. The van der Waals surface area contributed by atoms with Crippen molar-refractivity contribution in [1.29, 1.82) is 5.26 Å². The second kappa shape index (κ2) is 6.69. The van der Waals surface area contributed by atoms with E-state index in [-0.39, 0.29) is 0 Å². The van der Waals surface area contributed by atoms with Crippen LogP contribution in [0, 0.1) is 18.3 Å². The number of nitriles is 1. The van der Waals surface area contributed by atoms with Gasteiger partial charge in [-0.1, -0.05) is 17.3 Å². The molecule has 0 aliphatic carbocycles. The Labute approximate surface area is 129 Å². The van der Waals surface area contributed by atoms with Crippen molar-refractivity contribution in [1.82, 2.24) is 19.9 Å². The minimum absolute atomic E-state index is 0.620. The molecule has 1 aromatic carbocycles. The van der Waals surface area contributed by atoms with E-state index in [4.69, 9.17) is 9.78 Å². The van der Waals surface area contributed by atoms with Gasteiger partial charge in [0.05, 0.1) is 18.2 Å². The molecule has 0 N–H and O–H groups in total. The highest BCUT2D eigenvalue weighted by atomic mass is 16.5. The molecule has 0 atom stereocenters. The predicted octanol–water partition coefficient (Wildman–Crippen LogP) is 1.57. The molecule has 1 aliphatic heterocycles. The van der Waals surface area contributed by atoms with Gasteiger partial charge < -0.3 is 4.52 Å². The van der Waals surface area contributed by atoms with E-state index in [1.807, 2.05) is 31.2 Å². The molecular formula is C16H19N5O. The zero-order valence-corrected chi connectivity index (χ0v) is 12.7. The van der Waals surface area contributed by atoms with Gasteiger partial charge in [-0.25, -0.2) is 0 Å². The van der Waals surface area contributed by atoms with E-state index in [0.29, 0.717) is 11.5 Å². The maximum atomic E-state index is 8.82. The van der Waals surface area contributed by atoms with Crippen LogP contribution in [0.15, 0.2) is 28.8 Å². The van der Waals surface area contributed by atoms with E-state index in [0.717, 1.165) is 45.1 Å². The third-order valence-corrected chi connectivity index (χ3v) is 3.89. The molecule has 0 radical (unpaired) electrons. The Kier molecular flexibility index (Phi) is 4.47. The average Bonchev–Trinajstić information content (AvgIpc) is 2.95. The van der Waals surface area contributed by atoms with E-state index < -0.39 is 0 Å². The van der Waals surface area contributed by atoms with E-state index in [2.05, 4.69) is 26.0 Å². The van der Waals surface area contributed by atoms with Gasteiger partial charge in [0.1, 0.15) is 0 Å². The third-order valence-electron chi connectivity index (χ3n) is 3.89. The van der Waals surface area contributed by atoms with Crippen LogP contribution in [0.5, 0.6) is 0 Å². The second-order valence-electron chi connectivity index (χ2n) is 5.59. The van der Waals surface area contributed by atoms with E-state index in [1.165, 1.54) is 5.56 Å². The Hall–Kier alpha value is -2.23. The minimum Gasteiger partial charge on any atom is -0.340 e. The van der Waals surface area contributed by atoms with Gasteiger partial charge in [0.15, 0.2) is 5.82 Å². The van der Waals surface area contributed by atoms with Crippen LogP contribution >= 0.6 is 0 Å². The molecule has 22 heavy (non-hydrogen) atoms. The lowest BCUT2D eigenvalue weighted by Crippen LogP contribution is -2.45. The number of benzene rings is 1. The van der Waals surface area contributed by atoms with E-state index in [1.54, 1.807) is 0 Å². The van der Waals surface area contributed by atoms with Gasteiger partial charge in [0, 0.05) is 39.6 Å². The first-order valence-electron chi connectivity index (χ1n) is 7.46. The lowest BCUT2D eigenvalue weighted by Gasteiger charge is -2.34. The van der Waals surface area contributed by atoms with Gasteiger partial charge in [-0.2, -0.15) is 10.2 Å². The molecule has 0 saturated carbocycles. The standard InChI is InChI=1S/C16H19N5O/c1-13-18-16(19-22-13)12-21-8-6-20(7-9-21)11-15-4-2-14(10-17)3-5-15/h2-5H,6-9,11-12H2,1H3. The molecular weight excluding hydrogens is 278 g/mol. The van der Waals surface area contributed by atoms with Crippen molar-refractivity contribution in [3.05, 3.63) is 47.1 Å². The Morgan fingerprint density at radius 1 is 1.09 bits per heavy atom. The summed E-state index contributed by atoms with van der Waals surface area (Å²) in [6.07, 6.45) is 0. The van der Waals surface area contributed by atoms with Crippen LogP contribution in [-0.4, -0.2) is 46.1 Å². The largest absolute Gasteiger partial charge is 0.340 e. The molecule has 6 heteroatoms. The van der Waals surface area contributed by atoms with Crippen LogP contribution in [0.4, 0.5) is 0 Å². The Bertz CT molecular complexity index is 650. The summed E-state index contributed by atoms with van der Waals surface area (Å²) < 4.78 is 5.00. The molecule has 1 saturated heterocycles. The molecule has 0 bridgehead atoms. The quantitative estimate of drug-likeness (QED) is 0.853. The molecule has 3 rings (SSSR count). The molecule has 2 aromatic rings. The van der Waals surface area contributed by atoms with Gasteiger partial charge in [-0.3, -0.25) is 9.80 Å². The highest BCUT2D eigenvalue weighted by Gasteiger charge is 2.18. The first-order valence-corrected chi connectivity index (χ1v) is 7.46. The average molecular weight is 297 g/mol. The first kappa shape index (κ1) is 14.7. The van der Waals surface area contributed by atoms with Crippen molar-refractivity contribution in [2.75, 3.05) is 26.2 Å². The fourth-order valence-corrected chi connectivity index (χ4v) is 2.65. The zero-order valence-electron chi connectivity index (χ0n) is 12.7. The van der Waals surface area contributed by atoms with Gasteiger partial charge in [0.2, 0.25) is 5.89 Å². The van der Waals surface area contributed by atoms with Crippen LogP contribution in [0.1, 0.15) is 22.8 Å². The summed E-state index contributed by atoms with van der Waals surface area (Å²) in [6.45, 7) is 7.55. The Morgan fingerprint density at radius 2 is 1.73 bits per heavy atom. The number of hydrogen-bond acceptors (Lipinski definition) is 6. The molecule has 0 spiro atoms. The number of nitrogens with zero attached hydrogens (tertiary/aromatic N) is 5. The normalized spacial score (nSPS) is 16.5. The summed E-state index contributed by atoms with van der Waals surface area (Å²) in [6, 6.07) is 9.98. The predicted molar refractivity (Wildman–Crippen MR) is 80.7 cm³/mol. The molecule has 0 amide bonds. The third kappa shape index (κ3) is 3.70. The lowest BCUT2D eigenvalue weighted by atomic mass is 10.1. The van der Waals surface area contributed by atoms with Crippen LogP contribution in [0.25, 0.3) is 0 Å². The van der Waals surface area contributed by atoms with Crippen LogP contribution < -0.4 is 0 Å². The molecule has 1 fully saturated rings. The van der Waals surface area contributed by atoms with Crippen molar-refractivity contribution < 1.29 is 4.52 Å². The number of aromatic nitrogens is 2. The smallest absolute Gasteiger partial charge is 0.223 e. The highest BCUT2D eigenvalue weighted by Crippen LogP contribution is 2.11. The fourth-order valence-electron chi connectivity index (χ4n) is 2.65. The minimum atomic E-state index is 0.620. The molecule has 0 unspecified atom stereocenters. The van der Waals surface area contributed by atoms with E-state index >= 15 is 0 Å². The maximum Gasteiger partial charge on any atom is 0.223 e. The summed E-state index contributed by atoms with van der Waals surface area (Å²) in [5.74, 6) is 1.38. The van der Waals surface area contributed by atoms with Gasteiger partial charge in [-0.15, -0.1) is 0 Å². The van der Waals surface area contributed by atoms with Gasteiger partial charge in [0.25, 0.3) is 0 Å². The summed E-state index contributed by atoms with van der Waals surface area (Å²) in [7, 11) is 0. The van der Waals surface area contributed by atoms with Crippen molar-refractivity contribution in [3.8, 4) is 6.07 Å². The number of aryl methyl sites for hydroxylation is 1. The van der Waals surface area contributed by atoms with Crippen molar-refractivity contribution in [3.63, 3.8) is 0 Å². The van der Waals surface area contributed by atoms with Gasteiger partial charge >= 0.3 is 0 Å². The first-order chi connectivity index (χ1) is 10.7. The van der Waals surface area contributed by atoms with E-state index in [9.17, 15) is 0 Å². The lowest BCUT2D eigenvalue weighted by molar-refractivity contribution is 0.119. The number of piperazine rings is 1. The van der Waals surface area contributed by atoms with Crippen molar-refractivity contribution in [2.45, 2.75) is 20.0 Å². The van der Waals surface area contributed by atoms with Gasteiger partial charge in [-0.05, 0) is 17.7 Å². The molecule has 114 valence electrons. The summed E-state index contributed by atoms with van der Waals surface area (Å²) in [4.78, 5) is 9.03. The monoisotopic (exact) mass is 297 g/mol. The van der Waals surface area contributed by atoms with Crippen LogP contribution in [0.3, 0.4) is 0 Å². The summed E-state index contributed by atoms with van der Waals surface area (Å²) in [5, 5.41) is 12.8. The molecule has 2 heterocycles.